The summed E-state index contributed by atoms with van der Waals surface area (Å²) in [5.74, 6) is -0.0522. The summed E-state index contributed by atoms with van der Waals surface area (Å²) in [4.78, 5) is 33.2. The van der Waals surface area contributed by atoms with Crippen molar-refractivity contribution in [2.24, 2.45) is 22.9 Å². The largest absolute Gasteiger partial charge is 0.459 e. The number of fused-ring (bicyclic) bond motifs is 2. The van der Waals surface area contributed by atoms with Crippen LogP contribution in [0, 0.1) is 17.8 Å². The lowest BCUT2D eigenvalue weighted by atomic mass is 9.55. The number of unbranched alkanes of at least 4 members (excludes halogenated alkanes) is 11. The molecule has 0 bridgehead atoms. The molecule has 0 radical (unpaired) electrons. The molecule has 3 aliphatic rings. The fourth-order valence-electron chi connectivity index (χ4n) is 9.70. The Labute approximate surface area is 364 Å². The van der Waals surface area contributed by atoms with Crippen molar-refractivity contribution in [1.29, 1.82) is 0 Å². The number of benzene rings is 2. The first-order chi connectivity index (χ1) is 29.8. The molecule has 61 heavy (non-hydrogen) atoms. The average Bonchev–Trinajstić information content (AvgIpc) is 3.27. The summed E-state index contributed by atoms with van der Waals surface area (Å²) in [5.41, 5.74) is 3.16. The first kappa shape index (κ1) is 47.9. The second kappa shape index (κ2) is 25.1. The van der Waals surface area contributed by atoms with Gasteiger partial charge in [-0.1, -0.05) is 107 Å². The second-order valence-corrected chi connectivity index (χ2v) is 16.9. The smallest absolute Gasteiger partial charge is 0.409 e. The molecule has 11 nitrogen and oxygen atoms in total. The Morgan fingerprint density at radius 1 is 0.918 bits per heavy atom. The van der Waals surface area contributed by atoms with Gasteiger partial charge in [-0.05, 0) is 86.8 Å². The number of aldehydes is 1. The van der Waals surface area contributed by atoms with Crippen LogP contribution in [0.15, 0.2) is 71.9 Å². The van der Waals surface area contributed by atoms with Gasteiger partial charge in [-0.2, -0.15) is 0 Å². The molecule has 1 heterocycles. The molecule has 0 unspecified atom stereocenters. The number of likely N-dealkylation sites (N-methyl/N-ethyl adjacent to an activating group) is 1. The topological polar surface area (TPSA) is 136 Å². The number of oxime groups is 1. The molecular formula is C50H72N2O9. The molecule has 1 fully saturated rings. The minimum atomic E-state index is -1.36. The minimum Gasteiger partial charge on any atom is -0.459 e. The predicted octanol–water partition coefficient (Wildman–Crippen LogP) is 10.9. The van der Waals surface area contributed by atoms with Gasteiger partial charge in [0.05, 0.1) is 24.8 Å². The Bertz CT molecular complexity index is 1740. The molecule has 0 saturated heterocycles. The maximum absolute atomic E-state index is 14.1. The van der Waals surface area contributed by atoms with E-state index < -0.39 is 23.8 Å². The van der Waals surface area contributed by atoms with Gasteiger partial charge in [0.25, 0.3) is 0 Å². The Hall–Kier alpha value is -4.19. The van der Waals surface area contributed by atoms with Gasteiger partial charge in [0, 0.05) is 43.7 Å². The van der Waals surface area contributed by atoms with Crippen LogP contribution >= 0.6 is 0 Å². The van der Waals surface area contributed by atoms with Crippen LogP contribution in [-0.4, -0.2) is 85.1 Å². The number of hydrogen-bond donors (Lipinski definition) is 2. The third kappa shape index (κ3) is 12.5. The third-order valence-corrected chi connectivity index (χ3v) is 12.7. The number of amides is 1. The van der Waals surface area contributed by atoms with Crippen LogP contribution in [0.5, 0.6) is 17.2 Å². The van der Waals surface area contributed by atoms with Gasteiger partial charge in [0.1, 0.15) is 36.2 Å². The Balaban J connectivity index is 1.53. The zero-order valence-corrected chi connectivity index (χ0v) is 37.1. The predicted molar refractivity (Wildman–Crippen MR) is 239 cm³/mol. The van der Waals surface area contributed by atoms with Crippen molar-refractivity contribution >= 4 is 18.1 Å². The number of rotatable bonds is 28. The maximum atomic E-state index is 14.1. The molecule has 6 atom stereocenters. The van der Waals surface area contributed by atoms with E-state index in [1.807, 2.05) is 31.2 Å². The van der Waals surface area contributed by atoms with Gasteiger partial charge in [-0.25, -0.2) is 4.79 Å². The molecule has 2 aromatic carbocycles. The van der Waals surface area contributed by atoms with Crippen molar-refractivity contribution in [3.8, 4) is 17.2 Å². The number of carbonyl (C=O) groups is 2. The summed E-state index contributed by atoms with van der Waals surface area (Å²) >= 11 is 0. The van der Waals surface area contributed by atoms with Gasteiger partial charge >= 0.3 is 6.09 Å². The van der Waals surface area contributed by atoms with E-state index in [1.165, 1.54) is 44.9 Å². The number of ether oxygens (including phenoxy) is 4. The van der Waals surface area contributed by atoms with Crippen molar-refractivity contribution in [2.75, 3.05) is 40.1 Å². The molecule has 0 aromatic heterocycles. The Morgan fingerprint density at radius 2 is 1.62 bits per heavy atom. The quantitative estimate of drug-likeness (QED) is 0.0371. The Morgan fingerprint density at radius 3 is 2.31 bits per heavy atom. The van der Waals surface area contributed by atoms with Gasteiger partial charge in [0.2, 0.25) is 5.79 Å². The number of aliphatic hydroxyl groups is 2. The highest BCUT2D eigenvalue weighted by Crippen LogP contribution is 2.62. The lowest BCUT2D eigenvalue weighted by Gasteiger charge is -2.59. The van der Waals surface area contributed by atoms with E-state index >= 15 is 0 Å². The zero-order chi connectivity index (χ0) is 43.5. The molecule has 1 saturated carbocycles. The SMILES string of the molecule is C=CCO[C@@]12Oc3ccc(Oc4cccc(C=O)c4)cc3[C@H]3[C@H](CCCCO)[C@@H](CCCCO)C=C(C(=NOCC)C[C@@H]1N(C)C(=O)OCCCCCCCCCCCC)[C@H]32. The summed E-state index contributed by atoms with van der Waals surface area (Å²) in [6, 6.07) is 12.2. The molecule has 2 aliphatic carbocycles. The van der Waals surface area contributed by atoms with E-state index in [2.05, 4.69) is 19.6 Å². The van der Waals surface area contributed by atoms with Crippen molar-refractivity contribution in [3.05, 3.63) is 77.9 Å². The molecule has 1 amide bonds. The number of hydrogen-bond acceptors (Lipinski definition) is 10. The number of aliphatic hydroxyl groups excluding tert-OH is 2. The van der Waals surface area contributed by atoms with E-state index in [1.54, 1.807) is 36.2 Å². The molecule has 1 aliphatic heterocycles. The zero-order valence-electron chi connectivity index (χ0n) is 37.1. The molecule has 11 heteroatoms. The highest BCUT2D eigenvalue weighted by Gasteiger charge is 2.65. The summed E-state index contributed by atoms with van der Waals surface area (Å²) in [5, 5.41) is 24.5. The van der Waals surface area contributed by atoms with Crippen LogP contribution in [0.25, 0.3) is 0 Å². The highest BCUT2D eigenvalue weighted by atomic mass is 16.7. The van der Waals surface area contributed by atoms with Gasteiger partial charge in [-0.15, -0.1) is 6.58 Å². The molecule has 5 rings (SSSR count). The average molecular weight is 845 g/mol. The van der Waals surface area contributed by atoms with Crippen LogP contribution in [0.3, 0.4) is 0 Å². The first-order valence-electron chi connectivity index (χ1n) is 23.2. The molecular weight excluding hydrogens is 773 g/mol. The fraction of sp³-hybridized carbons (Fsp3) is 0.620. The van der Waals surface area contributed by atoms with Crippen molar-refractivity contribution in [1.82, 2.24) is 4.90 Å². The standard InChI is InChI=1S/C50H72N2O9/c1-5-8-9-10-11-12-13-14-15-20-31-57-49(56)52(4)46-35-44(51-59-7-3)42-33-38(23-16-18-28-53)41(25-17-19-29-54)47-43-34-40(60-39-24-21-22-37(32-39)36-55)26-27-45(43)61-50(46,48(42)47)58-30-6-2/h6,21-22,24,26-27,32-34,36,38,41,46-48,53-54H,2,5,7-20,23,25,28-31,35H2,1,3-4H3/t38-,41+,46-,47+,48+,50+/m0/s1. The highest BCUT2D eigenvalue weighted by molar-refractivity contribution is 6.03. The van der Waals surface area contributed by atoms with Gasteiger partial charge in [0.15, 0.2) is 0 Å². The summed E-state index contributed by atoms with van der Waals surface area (Å²) < 4.78 is 26.6. The Kier molecular flexibility index (Phi) is 19.7. The number of allylic oxidation sites excluding steroid dienone is 1. The molecule has 2 aromatic rings. The van der Waals surface area contributed by atoms with Crippen LogP contribution < -0.4 is 9.47 Å². The molecule has 0 spiro atoms. The third-order valence-electron chi connectivity index (χ3n) is 12.7. The molecule has 336 valence electrons. The maximum Gasteiger partial charge on any atom is 0.409 e. The normalized spacial score (nSPS) is 23.3. The van der Waals surface area contributed by atoms with E-state index in [0.29, 0.717) is 55.3 Å². The molecule has 2 N–H and O–H groups in total. The van der Waals surface area contributed by atoms with Gasteiger partial charge < -0.3 is 38.9 Å². The lowest BCUT2D eigenvalue weighted by Crippen LogP contribution is -2.69. The number of nitrogens with zero attached hydrogens (tertiary/aromatic N) is 2. The van der Waals surface area contributed by atoms with E-state index in [9.17, 15) is 19.8 Å². The van der Waals surface area contributed by atoms with Crippen LogP contribution in [-0.2, 0) is 14.3 Å². The van der Waals surface area contributed by atoms with E-state index in [0.717, 1.165) is 68.1 Å². The lowest BCUT2D eigenvalue weighted by molar-refractivity contribution is -0.253. The van der Waals surface area contributed by atoms with E-state index in [4.69, 9.17) is 28.9 Å². The van der Waals surface area contributed by atoms with Gasteiger partial charge in [-0.3, -0.25) is 4.79 Å². The second-order valence-electron chi connectivity index (χ2n) is 16.9. The van der Waals surface area contributed by atoms with Crippen LogP contribution in [0.1, 0.15) is 145 Å². The summed E-state index contributed by atoms with van der Waals surface area (Å²) in [6.45, 7) is 9.24. The van der Waals surface area contributed by atoms with Crippen LogP contribution in [0.4, 0.5) is 4.79 Å². The summed E-state index contributed by atoms with van der Waals surface area (Å²) in [6.07, 6.45) is 21.2. The fourth-order valence-corrected chi connectivity index (χ4v) is 9.70. The van der Waals surface area contributed by atoms with E-state index in [-0.39, 0.29) is 37.6 Å². The van der Waals surface area contributed by atoms with Crippen molar-refractivity contribution in [3.63, 3.8) is 0 Å². The first-order valence-corrected chi connectivity index (χ1v) is 23.2. The summed E-state index contributed by atoms with van der Waals surface area (Å²) in [7, 11) is 1.76. The van der Waals surface area contributed by atoms with Crippen LogP contribution in [0.2, 0.25) is 0 Å². The van der Waals surface area contributed by atoms with Crippen molar-refractivity contribution < 1.29 is 43.6 Å². The monoisotopic (exact) mass is 845 g/mol. The number of carbonyl (C=O) groups excluding carboxylic acids is 2. The minimum absolute atomic E-state index is 0.0719. The van der Waals surface area contributed by atoms with Crippen molar-refractivity contribution in [2.45, 2.75) is 141 Å².